The first-order chi connectivity index (χ1) is 10.6. The molecule has 112 valence electrons. The number of amides is 3. The van der Waals surface area contributed by atoms with E-state index < -0.39 is 17.7 Å². The quantitative estimate of drug-likeness (QED) is 0.578. The number of hydrogen-bond donors (Lipinski definition) is 3. The molecule has 0 aliphatic carbocycles. The molecule has 0 heterocycles. The van der Waals surface area contributed by atoms with E-state index >= 15 is 0 Å². The summed E-state index contributed by atoms with van der Waals surface area (Å²) < 4.78 is 0. The van der Waals surface area contributed by atoms with Crippen LogP contribution < -0.4 is 16.2 Å². The van der Waals surface area contributed by atoms with Gasteiger partial charge in [-0.3, -0.25) is 25.2 Å². The summed E-state index contributed by atoms with van der Waals surface area (Å²) in [6.07, 6.45) is 0. The Bertz CT molecular complexity index is 699. The van der Waals surface area contributed by atoms with Crippen LogP contribution >= 0.6 is 0 Å². The molecule has 0 spiro atoms. The number of para-hydroxylation sites is 1. The Balaban J connectivity index is 1.89. The predicted octanol–water partition coefficient (Wildman–Crippen LogP) is 1.39. The van der Waals surface area contributed by atoms with Gasteiger partial charge in [0.05, 0.1) is 0 Å². The van der Waals surface area contributed by atoms with Crippen molar-refractivity contribution in [3.63, 3.8) is 0 Å². The molecular formula is C16H15N3O3. The zero-order valence-electron chi connectivity index (χ0n) is 11.9. The van der Waals surface area contributed by atoms with Crippen LogP contribution in [0.25, 0.3) is 0 Å². The van der Waals surface area contributed by atoms with Gasteiger partial charge in [0.2, 0.25) is 0 Å². The average molecular weight is 297 g/mol. The number of benzene rings is 2. The second-order valence-electron chi connectivity index (χ2n) is 4.54. The fourth-order valence-electron chi connectivity index (χ4n) is 1.77. The molecule has 0 unspecified atom stereocenters. The zero-order valence-corrected chi connectivity index (χ0v) is 11.9. The fraction of sp³-hybridized carbons (Fsp3) is 0.0625. The van der Waals surface area contributed by atoms with Crippen molar-refractivity contribution < 1.29 is 14.4 Å². The first-order valence-electron chi connectivity index (χ1n) is 6.60. The topological polar surface area (TPSA) is 87.3 Å². The summed E-state index contributed by atoms with van der Waals surface area (Å²) in [4.78, 5) is 35.2. The Kier molecular flexibility index (Phi) is 4.87. The number of carbonyl (C=O) groups excluding carboxylic acids is 3. The number of aryl methyl sites for hydroxylation is 1. The summed E-state index contributed by atoms with van der Waals surface area (Å²) in [5.41, 5.74) is 5.97. The molecule has 0 saturated carbocycles. The van der Waals surface area contributed by atoms with Gasteiger partial charge >= 0.3 is 11.8 Å². The Morgan fingerprint density at radius 1 is 0.773 bits per heavy atom. The molecule has 0 fully saturated rings. The lowest BCUT2D eigenvalue weighted by Crippen LogP contribution is -2.46. The Labute approximate surface area is 127 Å². The van der Waals surface area contributed by atoms with Gasteiger partial charge in [-0.05, 0) is 30.7 Å². The fourth-order valence-corrected chi connectivity index (χ4v) is 1.77. The largest absolute Gasteiger partial charge is 0.328 e. The highest BCUT2D eigenvalue weighted by molar-refractivity contribution is 6.39. The monoisotopic (exact) mass is 297 g/mol. The van der Waals surface area contributed by atoms with Crippen LogP contribution in [0.1, 0.15) is 15.9 Å². The normalized spacial score (nSPS) is 9.68. The van der Waals surface area contributed by atoms with Crippen LogP contribution in [0.4, 0.5) is 5.69 Å². The van der Waals surface area contributed by atoms with E-state index in [9.17, 15) is 14.4 Å². The van der Waals surface area contributed by atoms with Gasteiger partial charge in [-0.1, -0.05) is 36.4 Å². The molecule has 2 aromatic rings. The Hall–Kier alpha value is -3.15. The minimum absolute atomic E-state index is 0.422. The third-order valence-electron chi connectivity index (χ3n) is 2.92. The number of hydrazine groups is 1. The number of nitrogens with one attached hydrogen (secondary N) is 3. The molecule has 3 amide bonds. The number of rotatable bonds is 2. The number of carbonyl (C=O) groups is 3. The highest BCUT2D eigenvalue weighted by Crippen LogP contribution is 2.06. The van der Waals surface area contributed by atoms with E-state index in [1.54, 1.807) is 61.5 Å². The third-order valence-corrected chi connectivity index (χ3v) is 2.92. The van der Waals surface area contributed by atoms with Crippen LogP contribution in [0, 0.1) is 6.92 Å². The Morgan fingerprint density at radius 3 is 2.09 bits per heavy atom. The van der Waals surface area contributed by atoms with E-state index in [1.165, 1.54) is 0 Å². The van der Waals surface area contributed by atoms with Gasteiger partial charge in [-0.2, -0.15) is 0 Å². The molecule has 0 aliphatic heterocycles. The summed E-state index contributed by atoms with van der Waals surface area (Å²) in [5, 5.41) is 2.41. The lowest BCUT2D eigenvalue weighted by Gasteiger charge is -2.09. The van der Waals surface area contributed by atoms with Gasteiger partial charge < -0.3 is 5.32 Å². The summed E-state index contributed by atoms with van der Waals surface area (Å²) in [5.74, 6) is -2.30. The predicted molar refractivity (Wildman–Crippen MR) is 81.9 cm³/mol. The van der Waals surface area contributed by atoms with Crippen molar-refractivity contribution in [2.24, 2.45) is 0 Å². The van der Waals surface area contributed by atoms with Crippen LogP contribution in [0.3, 0.4) is 0 Å². The summed E-state index contributed by atoms with van der Waals surface area (Å²) in [6, 6.07) is 15.5. The molecule has 6 heteroatoms. The maximum absolute atomic E-state index is 11.9. The van der Waals surface area contributed by atoms with Crippen LogP contribution in [-0.2, 0) is 9.59 Å². The van der Waals surface area contributed by atoms with E-state index in [0.717, 1.165) is 5.56 Å². The molecule has 0 aromatic heterocycles. The summed E-state index contributed by atoms with van der Waals surface area (Å²) in [6.45, 7) is 1.78. The van der Waals surface area contributed by atoms with Gasteiger partial charge in [0.15, 0.2) is 0 Å². The molecule has 0 radical (unpaired) electrons. The van der Waals surface area contributed by atoms with Crippen molar-refractivity contribution >= 4 is 23.4 Å². The lowest BCUT2D eigenvalue weighted by atomic mass is 10.1. The van der Waals surface area contributed by atoms with Gasteiger partial charge in [-0.15, -0.1) is 0 Å². The maximum Gasteiger partial charge on any atom is 0.328 e. The summed E-state index contributed by atoms with van der Waals surface area (Å²) >= 11 is 0. The Morgan fingerprint density at radius 2 is 1.41 bits per heavy atom. The van der Waals surface area contributed by atoms with Crippen molar-refractivity contribution in [2.75, 3.05) is 5.32 Å². The van der Waals surface area contributed by atoms with Crippen molar-refractivity contribution in [3.8, 4) is 0 Å². The van der Waals surface area contributed by atoms with Gasteiger partial charge in [0, 0.05) is 11.3 Å². The van der Waals surface area contributed by atoms with Gasteiger partial charge in [0.25, 0.3) is 5.91 Å². The highest BCUT2D eigenvalue weighted by atomic mass is 16.2. The molecule has 0 bridgehead atoms. The third kappa shape index (κ3) is 3.92. The number of hydrogen-bond acceptors (Lipinski definition) is 3. The molecule has 22 heavy (non-hydrogen) atoms. The van der Waals surface area contributed by atoms with Crippen molar-refractivity contribution in [2.45, 2.75) is 6.92 Å². The molecule has 0 atom stereocenters. The molecule has 0 aliphatic rings. The van der Waals surface area contributed by atoms with Gasteiger partial charge in [0.1, 0.15) is 0 Å². The number of anilines is 1. The lowest BCUT2D eigenvalue weighted by molar-refractivity contribution is -0.136. The minimum atomic E-state index is -0.953. The molecular weight excluding hydrogens is 282 g/mol. The molecule has 2 aromatic carbocycles. The first kappa shape index (κ1) is 15.2. The first-order valence-corrected chi connectivity index (χ1v) is 6.60. The van der Waals surface area contributed by atoms with E-state index in [0.29, 0.717) is 11.3 Å². The molecule has 3 N–H and O–H groups in total. The van der Waals surface area contributed by atoms with Crippen molar-refractivity contribution in [1.82, 2.24) is 10.9 Å². The highest BCUT2D eigenvalue weighted by Gasteiger charge is 2.15. The minimum Gasteiger partial charge on any atom is -0.318 e. The van der Waals surface area contributed by atoms with Gasteiger partial charge in [-0.25, -0.2) is 0 Å². The zero-order chi connectivity index (χ0) is 15.9. The van der Waals surface area contributed by atoms with Crippen molar-refractivity contribution in [3.05, 3.63) is 65.7 Å². The molecule has 2 rings (SSSR count). The van der Waals surface area contributed by atoms with E-state index in [4.69, 9.17) is 0 Å². The van der Waals surface area contributed by atoms with Crippen LogP contribution in [-0.4, -0.2) is 17.7 Å². The van der Waals surface area contributed by atoms with E-state index in [-0.39, 0.29) is 0 Å². The van der Waals surface area contributed by atoms with Crippen LogP contribution in [0.5, 0.6) is 0 Å². The standard InChI is InChI=1S/C16H15N3O3/c1-11-7-5-6-10-13(11)14(20)18-19-16(22)15(21)17-12-8-3-2-4-9-12/h2-10H,1H3,(H,17,21)(H,18,20)(H,19,22). The van der Waals surface area contributed by atoms with E-state index in [1.807, 2.05) is 0 Å². The summed E-state index contributed by atoms with van der Waals surface area (Å²) in [7, 11) is 0. The maximum atomic E-state index is 11.9. The second-order valence-corrected chi connectivity index (χ2v) is 4.54. The van der Waals surface area contributed by atoms with E-state index in [2.05, 4.69) is 16.2 Å². The van der Waals surface area contributed by atoms with Crippen LogP contribution in [0.2, 0.25) is 0 Å². The second kappa shape index (κ2) is 7.03. The molecule has 6 nitrogen and oxygen atoms in total. The average Bonchev–Trinajstić information content (AvgIpc) is 2.53. The van der Waals surface area contributed by atoms with Crippen LogP contribution in [0.15, 0.2) is 54.6 Å². The smallest absolute Gasteiger partial charge is 0.318 e. The van der Waals surface area contributed by atoms with Crippen molar-refractivity contribution in [1.29, 1.82) is 0 Å². The SMILES string of the molecule is Cc1ccccc1C(=O)NNC(=O)C(=O)Nc1ccccc1. The molecule has 0 saturated heterocycles.